The first-order valence-corrected chi connectivity index (χ1v) is 9.88. The van der Waals surface area contributed by atoms with Gasteiger partial charge in [0.2, 0.25) is 5.76 Å². The first-order chi connectivity index (χ1) is 15.0. The van der Waals surface area contributed by atoms with Crippen LogP contribution in [0.2, 0.25) is 0 Å². The summed E-state index contributed by atoms with van der Waals surface area (Å²) < 4.78 is 16.3. The Kier molecular flexibility index (Phi) is 5.73. The minimum absolute atomic E-state index is 0.0696. The molecule has 8 nitrogen and oxygen atoms in total. The lowest BCUT2D eigenvalue weighted by Crippen LogP contribution is -2.31. The highest BCUT2D eigenvalue weighted by atomic mass is 16.5. The molecule has 1 aliphatic heterocycles. The van der Waals surface area contributed by atoms with Gasteiger partial charge in [-0.15, -0.1) is 0 Å². The van der Waals surface area contributed by atoms with Gasteiger partial charge in [-0.2, -0.15) is 0 Å². The molecule has 160 valence electrons. The van der Waals surface area contributed by atoms with E-state index >= 15 is 0 Å². The number of nitrogens with zero attached hydrogens (tertiary/aromatic N) is 1. The number of nitrogens with two attached hydrogens (primary N) is 1. The smallest absolute Gasteiger partial charge is 0.290 e. The summed E-state index contributed by atoms with van der Waals surface area (Å²) in [6, 6.07) is 13.2. The van der Waals surface area contributed by atoms with E-state index in [9.17, 15) is 14.4 Å². The van der Waals surface area contributed by atoms with Gasteiger partial charge in [0.1, 0.15) is 11.3 Å². The van der Waals surface area contributed by atoms with Gasteiger partial charge >= 0.3 is 0 Å². The molecule has 2 aromatic carbocycles. The number of primary amides is 1. The fourth-order valence-electron chi connectivity index (χ4n) is 3.82. The van der Waals surface area contributed by atoms with Gasteiger partial charge in [0.05, 0.1) is 17.0 Å². The van der Waals surface area contributed by atoms with Gasteiger partial charge in [0.25, 0.3) is 11.8 Å². The maximum Gasteiger partial charge on any atom is 0.290 e. The van der Waals surface area contributed by atoms with Crippen molar-refractivity contribution >= 4 is 22.8 Å². The third kappa shape index (κ3) is 3.89. The van der Waals surface area contributed by atoms with Crippen LogP contribution in [0.4, 0.5) is 0 Å². The summed E-state index contributed by atoms with van der Waals surface area (Å²) in [4.78, 5) is 39.1. The third-order valence-electron chi connectivity index (χ3n) is 5.20. The molecular weight excluding hydrogens is 400 g/mol. The Morgan fingerprint density at radius 2 is 1.87 bits per heavy atom. The van der Waals surface area contributed by atoms with Crippen molar-refractivity contribution in [3.8, 4) is 5.75 Å². The van der Waals surface area contributed by atoms with Gasteiger partial charge in [0.15, 0.2) is 12.0 Å². The molecule has 0 unspecified atom stereocenters. The standard InChI is InChI=1S/C23H22N2O6/c1-29-12-4-11-25-20(14-7-9-15(10-8-14)30-13-18(24)26)19-21(27)16-5-2-3-6-17(16)31-22(19)23(25)28/h2-3,5-10,20H,4,11-13H2,1H3,(H2,24,26)/t20-/m1/s1. The lowest BCUT2D eigenvalue weighted by molar-refractivity contribution is -0.119. The number of carbonyl (C=O) groups is 2. The van der Waals surface area contributed by atoms with Crippen LogP contribution in [0.3, 0.4) is 0 Å². The molecule has 31 heavy (non-hydrogen) atoms. The van der Waals surface area contributed by atoms with Crippen LogP contribution in [0.1, 0.15) is 34.1 Å². The SMILES string of the molecule is COCCCN1C(=O)c2oc3ccccc3c(=O)c2[C@H]1c1ccc(OCC(N)=O)cc1. The normalized spacial score (nSPS) is 15.3. The van der Waals surface area contributed by atoms with Crippen LogP contribution < -0.4 is 15.9 Å². The predicted octanol–water partition coefficient (Wildman–Crippen LogP) is 2.24. The first-order valence-electron chi connectivity index (χ1n) is 9.88. The van der Waals surface area contributed by atoms with Gasteiger partial charge in [-0.3, -0.25) is 14.4 Å². The molecule has 1 aliphatic rings. The Morgan fingerprint density at radius 1 is 1.13 bits per heavy atom. The maximum atomic E-state index is 13.3. The molecule has 4 rings (SSSR count). The highest BCUT2D eigenvalue weighted by Crippen LogP contribution is 2.38. The summed E-state index contributed by atoms with van der Waals surface area (Å²) in [7, 11) is 1.60. The molecule has 0 fully saturated rings. The summed E-state index contributed by atoms with van der Waals surface area (Å²) in [5.41, 5.74) is 6.33. The summed E-state index contributed by atoms with van der Waals surface area (Å²) in [5, 5.41) is 0.430. The second kappa shape index (κ2) is 8.61. The number of methoxy groups -OCH3 is 1. The Balaban J connectivity index is 1.78. The number of amides is 2. The second-order valence-corrected chi connectivity index (χ2v) is 7.24. The maximum absolute atomic E-state index is 13.3. The third-order valence-corrected chi connectivity index (χ3v) is 5.20. The molecule has 8 heteroatoms. The zero-order valence-electron chi connectivity index (χ0n) is 17.0. The summed E-state index contributed by atoms with van der Waals surface area (Å²) in [5.74, 6) is -0.370. The van der Waals surface area contributed by atoms with E-state index in [4.69, 9.17) is 19.6 Å². The van der Waals surface area contributed by atoms with Crippen LogP contribution in [-0.2, 0) is 9.53 Å². The largest absolute Gasteiger partial charge is 0.484 e. The molecule has 0 saturated heterocycles. The van der Waals surface area contributed by atoms with Crippen LogP contribution in [0.15, 0.2) is 57.7 Å². The molecule has 0 radical (unpaired) electrons. The Morgan fingerprint density at radius 3 is 2.58 bits per heavy atom. The van der Waals surface area contributed by atoms with Crippen LogP contribution in [0, 0.1) is 0 Å². The average Bonchev–Trinajstić information content (AvgIpc) is 3.05. The van der Waals surface area contributed by atoms with E-state index < -0.39 is 11.9 Å². The van der Waals surface area contributed by atoms with Gasteiger partial charge in [-0.25, -0.2) is 0 Å². The van der Waals surface area contributed by atoms with E-state index in [0.29, 0.717) is 41.9 Å². The van der Waals surface area contributed by atoms with E-state index in [-0.39, 0.29) is 23.7 Å². The Labute approximate surface area is 178 Å². The number of ether oxygens (including phenoxy) is 2. The molecule has 2 N–H and O–H groups in total. The van der Waals surface area contributed by atoms with Gasteiger partial charge < -0.3 is 24.5 Å². The minimum Gasteiger partial charge on any atom is -0.484 e. The van der Waals surface area contributed by atoms with E-state index in [1.54, 1.807) is 60.5 Å². The molecule has 2 heterocycles. The molecule has 2 amide bonds. The van der Waals surface area contributed by atoms with Gasteiger partial charge in [0, 0.05) is 20.3 Å². The molecule has 0 aliphatic carbocycles. The van der Waals surface area contributed by atoms with Crippen LogP contribution >= 0.6 is 0 Å². The molecule has 1 aromatic heterocycles. The van der Waals surface area contributed by atoms with Crippen molar-refractivity contribution < 1.29 is 23.5 Å². The van der Waals surface area contributed by atoms with Crippen molar-refractivity contribution in [2.24, 2.45) is 5.73 Å². The number of fused-ring (bicyclic) bond motifs is 2. The number of rotatable bonds is 8. The van der Waals surface area contributed by atoms with Crippen LogP contribution in [0.25, 0.3) is 11.0 Å². The topological polar surface area (TPSA) is 112 Å². The molecule has 3 aromatic rings. The van der Waals surface area contributed by atoms with Crippen molar-refractivity contribution in [2.75, 3.05) is 26.9 Å². The quantitative estimate of drug-likeness (QED) is 0.557. The Bertz CT molecular complexity index is 1180. The van der Waals surface area contributed by atoms with Crippen molar-refractivity contribution in [3.63, 3.8) is 0 Å². The zero-order chi connectivity index (χ0) is 22.0. The summed E-state index contributed by atoms with van der Waals surface area (Å²) in [6.07, 6.45) is 0.611. The minimum atomic E-state index is -0.592. The fraction of sp³-hybridized carbons (Fsp3) is 0.261. The van der Waals surface area contributed by atoms with Crippen LogP contribution in [0.5, 0.6) is 5.75 Å². The van der Waals surface area contributed by atoms with E-state index in [0.717, 1.165) is 5.56 Å². The lowest BCUT2D eigenvalue weighted by Gasteiger charge is -2.25. The highest BCUT2D eigenvalue weighted by Gasteiger charge is 2.42. The van der Waals surface area contributed by atoms with Crippen molar-refractivity contribution in [1.82, 2.24) is 4.90 Å². The summed E-state index contributed by atoms with van der Waals surface area (Å²) in [6.45, 7) is 0.649. The van der Waals surface area contributed by atoms with Crippen molar-refractivity contribution in [3.05, 3.63) is 75.6 Å². The van der Waals surface area contributed by atoms with Gasteiger partial charge in [-0.1, -0.05) is 24.3 Å². The molecule has 0 bridgehead atoms. The lowest BCUT2D eigenvalue weighted by atomic mass is 9.98. The molecule has 1 atom stereocenters. The van der Waals surface area contributed by atoms with E-state index in [1.165, 1.54) is 0 Å². The van der Waals surface area contributed by atoms with E-state index in [2.05, 4.69) is 0 Å². The van der Waals surface area contributed by atoms with E-state index in [1.807, 2.05) is 0 Å². The molecule has 0 saturated carbocycles. The molecular formula is C23H22N2O6. The Hall–Kier alpha value is -3.65. The van der Waals surface area contributed by atoms with Crippen LogP contribution in [-0.4, -0.2) is 43.6 Å². The molecule has 0 spiro atoms. The number of hydrogen-bond donors (Lipinski definition) is 1. The fourth-order valence-corrected chi connectivity index (χ4v) is 3.82. The zero-order valence-corrected chi connectivity index (χ0v) is 17.0. The van der Waals surface area contributed by atoms with Crippen molar-refractivity contribution in [1.29, 1.82) is 0 Å². The number of benzene rings is 2. The van der Waals surface area contributed by atoms with Crippen molar-refractivity contribution in [2.45, 2.75) is 12.5 Å². The summed E-state index contributed by atoms with van der Waals surface area (Å²) >= 11 is 0. The first kappa shape index (κ1) is 20.6. The number of hydrogen-bond acceptors (Lipinski definition) is 6. The average molecular weight is 422 g/mol. The van der Waals surface area contributed by atoms with Gasteiger partial charge in [-0.05, 0) is 36.2 Å². The highest BCUT2D eigenvalue weighted by molar-refractivity contribution is 5.99. The number of para-hydroxylation sites is 1. The predicted molar refractivity (Wildman–Crippen MR) is 113 cm³/mol. The monoisotopic (exact) mass is 422 g/mol. The number of carbonyl (C=O) groups excluding carboxylic acids is 2. The second-order valence-electron chi connectivity index (χ2n) is 7.24.